The van der Waals surface area contributed by atoms with Crippen molar-refractivity contribution in [3.8, 4) is 11.3 Å². The van der Waals surface area contributed by atoms with Crippen LogP contribution in [0, 0.1) is 6.92 Å². The largest absolute Gasteiger partial charge is 0.383 e. The van der Waals surface area contributed by atoms with Gasteiger partial charge in [0, 0.05) is 23.3 Å². The molecule has 2 N–H and O–H groups in total. The molecule has 1 aromatic carbocycles. The molecule has 0 radical (unpaired) electrons. The van der Waals surface area contributed by atoms with Gasteiger partial charge in [-0.05, 0) is 36.8 Å². The lowest BCUT2D eigenvalue weighted by molar-refractivity contribution is 1.16. The van der Waals surface area contributed by atoms with Crippen LogP contribution in [-0.4, -0.2) is 14.4 Å². The van der Waals surface area contributed by atoms with Crippen molar-refractivity contribution in [3.63, 3.8) is 0 Å². The number of nitrogen functional groups attached to an aromatic ring is 1. The normalized spacial score (nSPS) is 11.3. The van der Waals surface area contributed by atoms with Gasteiger partial charge in [0.1, 0.15) is 17.2 Å². The zero-order valence-electron chi connectivity index (χ0n) is 11.6. The number of hydrogen-bond donors (Lipinski definition) is 1. The highest BCUT2D eigenvalue weighted by atomic mass is 15.1. The van der Waals surface area contributed by atoms with E-state index < -0.39 is 0 Å². The molecule has 4 rings (SSSR count). The van der Waals surface area contributed by atoms with Gasteiger partial charge in [0.2, 0.25) is 0 Å². The van der Waals surface area contributed by atoms with Crippen LogP contribution in [0.4, 0.5) is 5.82 Å². The monoisotopic (exact) mass is 274 g/mol. The van der Waals surface area contributed by atoms with E-state index in [9.17, 15) is 0 Å². The number of nitrogens with zero attached hydrogens (tertiary/aromatic N) is 3. The highest BCUT2D eigenvalue weighted by Gasteiger charge is 2.11. The zero-order chi connectivity index (χ0) is 14.4. The van der Waals surface area contributed by atoms with Crippen LogP contribution in [0.25, 0.3) is 27.8 Å². The number of anilines is 1. The molecule has 4 nitrogen and oxygen atoms in total. The van der Waals surface area contributed by atoms with Crippen molar-refractivity contribution >= 4 is 22.4 Å². The summed E-state index contributed by atoms with van der Waals surface area (Å²) in [5.41, 5.74) is 11.1. The third-order valence-corrected chi connectivity index (χ3v) is 3.68. The second-order valence-corrected chi connectivity index (χ2v) is 5.19. The molecule has 4 heteroatoms. The van der Waals surface area contributed by atoms with Gasteiger partial charge in [-0.25, -0.2) is 4.98 Å². The number of aryl methyl sites for hydroxylation is 1. The predicted molar refractivity (Wildman–Crippen MR) is 85.1 cm³/mol. The van der Waals surface area contributed by atoms with E-state index in [-0.39, 0.29) is 0 Å². The Balaban J connectivity index is 1.97. The molecule has 3 aromatic heterocycles. The highest BCUT2D eigenvalue weighted by Crippen LogP contribution is 2.28. The molecule has 0 saturated carbocycles. The SMILES string of the molecule is Cc1ccc2nc(-c3ccc4ncccc4c3)c(N)n2c1. The third kappa shape index (κ3) is 1.84. The Morgan fingerprint density at radius 3 is 2.90 bits per heavy atom. The molecule has 4 aromatic rings. The molecule has 3 heterocycles. The molecular formula is C17H14N4. The topological polar surface area (TPSA) is 56.2 Å². The van der Waals surface area contributed by atoms with E-state index >= 15 is 0 Å². The first-order chi connectivity index (χ1) is 10.2. The highest BCUT2D eigenvalue weighted by molar-refractivity contribution is 5.86. The van der Waals surface area contributed by atoms with Gasteiger partial charge in [-0.15, -0.1) is 0 Å². The Hall–Kier alpha value is -2.88. The van der Waals surface area contributed by atoms with Crippen molar-refractivity contribution in [2.75, 3.05) is 5.73 Å². The molecular weight excluding hydrogens is 260 g/mol. The second-order valence-electron chi connectivity index (χ2n) is 5.19. The second kappa shape index (κ2) is 4.31. The number of rotatable bonds is 1. The van der Waals surface area contributed by atoms with Gasteiger partial charge in [-0.3, -0.25) is 9.38 Å². The first-order valence-corrected chi connectivity index (χ1v) is 6.82. The fourth-order valence-corrected chi connectivity index (χ4v) is 2.60. The molecule has 0 saturated heterocycles. The summed E-state index contributed by atoms with van der Waals surface area (Å²) < 4.78 is 1.93. The first-order valence-electron chi connectivity index (χ1n) is 6.82. The van der Waals surface area contributed by atoms with Crippen LogP contribution in [-0.2, 0) is 0 Å². The first kappa shape index (κ1) is 11.9. The average molecular weight is 274 g/mol. The Labute approximate surface area is 121 Å². The molecule has 0 amide bonds. The van der Waals surface area contributed by atoms with Gasteiger partial charge < -0.3 is 5.73 Å². The van der Waals surface area contributed by atoms with Crippen LogP contribution in [0.15, 0.2) is 54.9 Å². The minimum absolute atomic E-state index is 0.664. The van der Waals surface area contributed by atoms with E-state index in [0.717, 1.165) is 33.4 Å². The molecule has 102 valence electrons. The van der Waals surface area contributed by atoms with Gasteiger partial charge in [0.25, 0.3) is 0 Å². The molecule has 0 bridgehead atoms. The van der Waals surface area contributed by atoms with Crippen molar-refractivity contribution in [1.82, 2.24) is 14.4 Å². The maximum atomic E-state index is 6.27. The number of pyridine rings is 2. The molecule has 0 fully saturated rings. The van der Waals surface area contributed by atoms with Crippen LogP contribution in [0.5, 0.6) is 0 Å². The van der Waals surface area contributed by atoms with Crippen LogP contribution >= 0.6 is 0 Å². The summed E-state index contributed by atoms with van der Waals surface area (Å²) in [6.07, 6.45) is 3.80. The fraction of sp³-hybridized carbons (Fsp3) is 0.0588. The number of nitrogens with two attached hydrogens (primary N) is 1. The van der Waals surface area contributed by atoms with Crippen molar-refractivity contribution in [3.05, 3.63) is 60.4 Å². The van der Waals surface area contributed by atoms with E-state index in [1.54, 1.807) is 6.20 Å². The van der Waals surface area contributed by atoms with Crippen LogP contribution in [0.2, 0.25) is 0 Å². The third-order valence-electron chi connectivity index (χ3n) is 3.68. The van der Waals surface area contributed by atoms with E-state index in [1.807, 2.05) is 53.9 Å². The lowest BCUT2D eigenvalue weighted by atomic mass is 10.1. The van der Waals surface area contributed by atoms with Gasteiger partial charge in [-0.2, -0.15) is 0 Å². The Bertz CT molecular complexity index is 969. The van der Waals surface area contributed by atoms with Crippen LogP contribution in [0.1, 0.15) is 5.56 Å². The smallest absolute Gasteiger partial charge is 0.139 e. The van der Waals surface area contributed by atoms with E-state index in [4.69, 9.17) is 5.73 Å². The number of benzene rings is 1. The summed E-state index contributed by atoms with van der Waals surface area (Å²) in [4.78, 5) is 8.98. The molecule has 0 unspecified atom stereocenters. The van der Waals surface area contributed by atoms with Crippen LogP contribution < -0.4 is 5.73 Å². The van der Waals surface area contributed by atoms with Crippen molar-refractivity contribution < 1.29 is 0 Å². The van der Waals surface area contributed by atoms with Gasteiger partial charge in [-0.1, -0.05) is 18.2 Å². The van der Waals surface area contributed by atoms with E-state index in [1.165, 1.54) is 0 Å². The molecule has 0 aliphatic rings. The number of aromatic nitrogens is 3. The maximum Gasteiger partial charge on any atom is 0.139 e. The van der Waals surface area contributed by atoms with E-state index in [2.05, 4.69) is 16.0 Å². The summed E-state index contributed by atoms with van der Waals surface area (Å²) in [7, 11) is 0. The Morgan fingerprint density at radius 1 is 1.10 bits per heavy atom. The Kier molecular flexibility index (Phi) is 2.44. The molecule has 0 spiro atoms. The molecule has 0 atom stereocenters. The minimum Gasteiger partial charge on any atom is -0.383 e. The van der Waals surface area contributed by atoms with Gasteiger partial charge in [0.05, 0.1) is 5.52 Å². The van der Waals surface area contributed by atoms with E-state index in [0.29, 0.717) is 5.82 Å². The quantitative estimate of drug-likeness (QED) is 0.578. The minimum atomic E-state index is 0.664. The average Bonchev–Trinajstić information content (AvgIpc) is 2.84. The molecule has 21 heavy (non-hydrogen) atoms. The number of imidazole rings is 1. The molecule has 0 aliphatic carbocycles. The molecule has 0 aliphatic heterocycles. The fourth-order valence-electron chi connectivity index (χ4n) is 2.60. The maximum absolute atomic E-state index is 6.27. The standard InChI is InChI=1S/C17H14N4/c1-11-4-7-15-20-16(17(18)21(15)10-11)13-5-6-14-12(9-13)3-2-8-19-14/h2-10H,18H2,1H3. The lowest BCUT2D eigenvalue weighted by Gasteiger charge is -2.02. The van der Waals surface area contributed by atoms with Crippen molar-refractivity contribution in [2.45, 2.75) is 6.92 Å². The number of hydrogen-bond acceptors (Lipinski definition) is 3. The summed E-state index contributed by atoms with van der Waals surface area (Å²) >= 11 is 0. The van der Waals surface area contributed by atoms with Crippen molar-refractivity contribution in [1.29, 1.82) is 0 Å². The zero-order valence-corrected chi connectivity index (χ0v) is 11.6. The summed E-state index contributed by atoms with van der Waals surface area (Å²) in [6.45, 7) is 2.04. The summed E-state index contributed by atoms with van der Waals surface area (Å²) in [5.74, 6) is 0.664. The Morgan fingerprint density at radius 2 is 2.00 bits per heavy atom. The predicted octanol–water partition coefficient (Wildman–Crippen LogP) is 3.44. The number of fused-ring (bicyclic) bond motifs is 2. The summed E-state index contributed by atoms with van der Waals surface area (Å²) in [5, 5.41) is 1.09. The van der Waals surface area contributed by atoms with Gasteiger partial charge in [0.15, 0.2) is 0 Å². The van der Waals surface area contributed by atoms with Crippen molar-refractivity contribution in [2.24, 2.45) is 0 Å². The van der Waals surface area contributed by atoms with Gasteiger partial charge >= 0.3 is 0 Å². The lowest BCUT2D eigenvalue weighted by Crippen LogP contribution is -1.94. The van der Waals surface area contributed by atoms with Crippen LogP contribution in [0.3, 0.4) is 0 Å². The summed E-state index contributed by atoms with van der Waals surface area (Å²) in [6, 6.07) is 14.1.